The van der Waals surface area contributed by atoms with Crippen LogP contribution in [0.3, 0.4) is 0 Å². The first-order valence-electron chi connectivity index (χ1n) is 8.25. The summed E-state index contributed by atoms with van der Waals surface area (Å²) in [4.78, 5) is 2.21. The Morgan fingerprint density at radius 2 is 1.96 bits per heavy atom. The molecule has 5 nitrogen and oxygen atoms in total. The molecule has 0 spiro atoms. The normalized spacial score (nSPS) is 27.0. The quantitative estimate of drug-likeness (QED) is 0.900. The molecule has 3 rings (SSSR count). The summed E-state index contributed by atoms with van der Waals surface area (Å²) < 4.78 is 42.6. The van der Waals surface area contributed by atoms with Crippen molar-refractivity contribution >= 4 is 0 Å². The Balaban J connectivity index is 1.62. The van der Waals surface area contributed by atoms with Crippen LogP contribution >= 0.6 is 0 Å². The van der Waals surface area contributed by atoms with E-state index in [0.29, 0.717) is 19.2 Å². The van der Waals surface area contributed by atoms with E-state index >= 15 is 0 Å². The SMILES string of the molecule is OC1(COc2ccc(F)c(F)c2)COCCN(C2CCOCC2)C1. The Morgan fingerprint density at radius 3 is 2.71 bits per heavy atom. The largest absolute Gasteiger partial charge is 0.490 e. The molecule has 1 atom stereocenters. The van der Waals surface area contributed by atoms with Crippen molar-refractivity contribution in [1.29, 1.82) is 0 Å². The third-order valence-corrected chi connectivity index (χ3v) is 4.50. The molecular formula is C17H23F2NO4. The Hall–Kier alpha value is -1.28. The Morgan fingerprint density at radius 1 is 1.17 bits per heavy atom. The molecule has 0 radical (unpaired) electrons. The van der Waals surface area contributed by atoms with Gasteiger partial charge in [0.15, 0.2) is 11.6 Å². The molecule has 0 amide bonds. The lowest BCUT2D eigenvalue weighted by atomic mass is 10.0. The van der Waals surface area contributed by atoms with Crippen LogP contribution in [0, 0.1) is 11.6 Å². The lowest BCUT2D eigenvalue weighted by molar-refractivity contribution is -0.0714. The van der Waals surface area contributed by atoms with Crippen molar-refractivity contribution in [3.05, 3.63) is 29.8 Å². The molecule has 2 saturated heterocycles. The smallest absolute Gasteiger partial charge is 0.162 e. The minimum absolute atomic E-state index is 0.0439. The molecule has 2 aliphatic heterocycles. The van der Waals surface area contributed by atoms with Gasteiger partial charge in [-0.05, 0) is 25.0 Å². The third-order valence-electron chi connectivity index (χ3n) is 4.50. The molecule has 7 heteroatoms. The molecule has 1 aromatic rings. The van der Waals surface area contributed by atoms with Gasteiger partial charge >= 0.3 is 0 Å². The first-order valence-corrected chi connectivity index (χ1v) is 8.25. The fourth-order valence-corrected chi connectivity index (χ4v) is 3.18. The Kier molecular flexibility index (Phi) is 5.65. The number of benzene rings is 1. The molecular weight excluding hydrogens is 320 g/mol. The molecule has 0 aliphatic carbocycles. The number of hydrogen-bond acceptors (Lipinski definition) is 5. The van der Waals surface area contributed by atoms with Gasteiger partial charge in [-0.15, -0.1) is 0 Å². The van der Waals surface area contributed by atoms with Crippen LogP contribution in [0.15, 0.2) is 18.2 Å². The predicted octanol–water partition coefficient (Wildman–Crippen LogP) is 1.59. The fourth-order valence-electron chi connectivity index (χ4n) is 3.18. The summed E-state index contributed by atoms with van der Waals surface area (Å²) in [5.41, 5.74) is -1.19. The molecule has 2 fully saturated rings. The van der Waals surface area contributed by atoms with Gasteiger partial charge in [-0.1, -0.05) is 0 Å². The van der Waals surface area contributed by atoms with Crippen LogP contribution in [0.5, 0.6) is 5.75 Å². The number of nitrogens with zero attached hydrogens (tertiary/aromatic N) is 1. The zero-order chi connectivity index (χ0) is 17.0. The van der Waals surface area contributed by atoms with Gasteiger partial charge in [0, 0.05) is 38.4 Å². The lowest BCUT2D eigenvalue weighted by Crippen LogP contribution is -2.52. The van der Waals surface area contributed by atoms with Crippen molar-refractivity contribution in [2.45, 2.75) is 24.5 Å². The second-order valence-corrected chi connectivity index (χ2v) is 6.46. The van der Waals surface area contributed by atoms with Gasteiger partial charge in [-0.2, -0.15) is 0 Å². The first-order chi connectivity index (χ1) is 11.6. The number of β-amino-alcohol motifs (C(OH)–C–C–N with tert-alkyl or cyclic N) is 1. The zero-order valence-electron chi connectivity index (χ0n) is 13.5. The van der Waals surface area contributed by atoms with Crippen LogP contribution in [-0.4, -0.2) is 67.8 Å². The average Bonchev–Trinajstić information content (AvgIpc) is 2.79. The second kappa shape index (κ2) is 7.74. The molecule has 1 unspecified atom stereocenters. The van der Waals surface area contributed by atoms with Crippen LogP contribution in [0.25, 0.3) is 0 Å². The van der Waals surface area contributed by atoms with Crippen molar-refractivity contribution in [2.24, 2.45) is 0 Å². The topological polar surface area (TPSA) is 51.2 Å². The zero-order valence-corrected chi connectivity index (χ0v) is 13.5. The molecule has 0 saturated carbocycles. The Bertz CT molecular complexity index is 553. The first kappa shape index (κ1) is 17.5. The van der Waals surface area contributed by atoms with E-state index in [1.165, 1.54) is 6.07 Å². The molecule has 1 N–H and O–H groups in total. The molecule has 1 aromatic carbocycles. The number of halogens is 2. The predicted molar refractivity (Wildman–Crippen MR) is 83.0 cm³/mol. The van der Waals surface area contributed by atoms with E-state index in [-0.39, 0.29) is 19.0 Å². The second-order valence-electron chi connectivity index (χ2n) is 6.46. The third kappa shape index (κ3) is 4.42. The van der Waals surface area contributed by atoms with Crippen LogP contribution < -0.4 is 4.74 Å². The van der Waals surface area contributed by atoms with Gasteiger partial charge in [0.25, 0.3) is 0 Å². The van der Waals surface area contributed by atoms with Crippen LogP contribution in [0.1, 0.15) is 12.8 Å². The summed E-state index contributed by atoms with van der Waals surface area (Å²) in [5, 5.41) is 10.8. The minimum Gasteiger partial charge on any atom is -0.490 e. The van der Waals surface area contributed by atoms with E-state index < -0.39 is 17.2 Å². The number of aliphatic hydroxyl groups is 1. The summed E-state index contributed by atoms with van der Waals surface area (Å²) in [5.74, 6) is -1.71. The molecule has 24 heavy (non-hydrogen) atoms. The summed E-state index contributed by atoms with van der Waals surface area (Å²) in [6, 6.07) is 3.68. The van der Waals surface area contributed by atoms with Gasteiger partial charge in [0.05, 0.1) is 13.2 Å². The maximum atomic E-state index is 13.2. The van der Waals surface area contributed by atoms with E-state index in [9.17, 15) is 13.9 Å². The van der Waals surface area contributed by atoms with E-state index in [1.54, 1.807) is 0 Å². The highest BCUT2D eigenvalue weighted by Crippen LogP contribution is 2.22. The van der Waals surface area contributed by atoms with E-state index in [4.69, 9.17) is 14.2 Å². The molecule has 2 heterocycles. The molecule has 2 aliphatic rings. The Labute approximate surface area is 140 Å². The van der Waals surface area contributed by atoms with Gasteiger partial charge in [0.1, 0.15) is 18.0 Å². The van der Waals surface area contributed by atoms with Crippen molar-refractivity contribution in [3.8, 4) is 5.75 Å². The van der Waals surface area contributed by atoms with Gasteiger partial charge in [-0.3, -0.25) is 4.90 Å². The van der Waals surface area contributed by atoms with Gasteiger partial charge < -0.3 is 19.3 Å². The van der Waals surface area contributed by atoms with E-state index in [0.717, 1.165) is 44.7 Å². The maximum absolute atomic E-state index is 13.2. The summed E-state index contributed by atoms with van der Waals surface area (Å²) in [7, 11) is 0. The summed E-state index contributed by atoms with van der Waals surface area (Å²) >= 11 is 0. The minimum atomic E-state index is -1.19. The highest BCUT2D eigenvalue weighted by molar-refractivity contribution is 5.23. The van der Waals surface area contributed by atoms with Crippen LogP contribution in [0.4, 0.5) is 8.78 Å². The van der Waals surface area contributed by atoms with Gasteiger partial charge in [-0.25, -0.2) is 8.78 Å². The van der Waals surface area contributed by atoms with Crippen molar-refractivity contribution in [1.82, 2.24) is 4.90 Å². The lowest BCUT2D eigenvalue weighted by Gasteiger charge is -2.37. The van der Waals surface area contributed by atoms with Crippen LogP contribution in [-0.2, 0) is 9.47 Å². The summed E-state index contributed by atoms with van der Waals surface area (Å²) in [6.45, 7) is 3.27. The van der Waals surface area contributed by atoms with E-state index in [1.807, 2.05) is 0 Å². The number of hydrogen-bond donors (Lipinski definition) is 1. The fraction of sp³-hybridized carbons (Fsp3) is 0.647. The highest BCUT2D eigenvalue weighted by atomic mass is 19.2. The van der Waals surface area contributed by atoms with Crippen molar-refractivity contribution in [3.63, 3.8) is 0 Å². The van der Waals surface area contributed by atoms with Crippen molar-refractivity contribution < 1.29 is 28.1 Å². The molecule has 0 bridgehead atoms. The maximum Gasteiger partial charge on any atom is 0.162 e. The van der Waals surface area contributed by atoms with Gasteiger partial charge in [0.2, 0.25) is 0 Å². The average molecular weight is 343 g/mol. The van der Waals surface area contributed by atoms with Crippen molar-refractivity contribution in [2.75, 3.05) is 46.1 Å². The molecule has 134 valence electrons. The monoisotopic (exact) mass is 343 g/mol. The number of ether oxygens (including phenoxy) is 3. The highest BCUT2D eigenvalue weighted by Gasteiger charge is 2.36. The number of rotatable bonds is 4. The van der Waals surface area contributed by atoms with Crippen LogP contribution in [0.2, 0.25) is 0 Å². The summed E-state index contributed by atoms with van der Waals surface area (Å²) in [6.07, 6.45) is 1.86. The standard InChI is InChI=1S/C17H23F2NO4/c18-15-2-1-14(9-16(15)19)24-12-17(21)10-20(5-8-23-11-17)13-3-6-22-7-4-13/h1-2,9,13,21H,3-8,10-12H2. The van der Waals surface area contributed by atoms with E-state index in [2.05, 4.69) is 4.90 Å². The molecule has 0 aromatic heterocycles.